The topological polar surface area (TPSA) is 135 Å². The maximum absolute atomic E-state index is 13.1. The summed E-state index contributed by atoms with van der Waals surface area (Å²) in [5.41, 5.74) is 16.3. The minimum absolute atomic E-state index is 0.297. The van der Waals surface area contributed by atoms with Crippen LogP contribution in [0.15, 0.2) is 58.8 Å². The molecule has 204 valence electrons. The van der Waals surface area contributed by atoms with Gasteiger partial charge in [0.05, 0.1) is 4.90 Å². The molecule has 3 heterocycles. The van der Waals surface area contributed by atoms with Crippen molar-refractivity contribution in [2.75, 3.05) is 56.1 Å². The van der Waals surface area contributed by atoms with Crippen molar-refractivity contribution >= 4 is 43.8 Å². The molecule has 2 aromatic heterocycles. The number of hydrogen-bond donors (Lipinski definition) is 2. The van der Waals surface area contributed by atoms with Gasteiger partial charge in [-0.1, -0.05) is 24.3 Å². The molecule has 0 unspecified atom stereocenters. The van der Waals surface area contributed by atoms with Gasteiger partial charge in [-0.25, -0.2) is 23.4 Å². The number of aromatic nitrogens is 3. The molecule has 12 heteroatoms. The lowest BCUT2D eigenvalue weighted by Gasteiger charge is -2.31. The predicted octanol–water partition coefficient (Wildman–Crippen LogP) is 3.83. The van der Waals surface area contributed by atoms with Gasteiger partial charge in [0.1, 0.15) is 17.3 Å². The van der Waals surface area contributed by atoms with Gasteiger partial charge in [0.2, 0.25) is 10.0 Å². The number of nitrogens with two attached hydrogens (primary N) is 2. The van der Waals surface area contributed by atoms with Crippen molar-refractivity contribution in [1.82, 2.24) is 24.2 Å². The highest BCUT2D eigenvalue weighted by atomic mass is 32.2. The molecule has 1 aliphatic rings. The lowest BCUT2D eigenvalue weighted by Crippen LogP contribution is -2.46. The minimum Gasteiger partial charge on any atom is -0.384 e. The largest absolute Gasteiger partial charge is 0.384 e. The van der Waals surface area contributed by atoms with Crippen molar-refractivity contribution in [1.29, 1.82) is 0 Å². The van der Waals surface area contributed by atoms with Crippen LogP contribution in [0.5, 0.6) is 0 Å². The quantitative estimate of drug-likeness (QED) is 0.343. The first-order valence-corrected chi connectivity index (χ1v) is 15.0. The average Bonchev–Trinajstić information content (AvgIpc) is 3.40. The smallest absolute Gasteiger partial charge is 0.243 e. The van der Waals surface area contributed by atoms with Gasteiger partial charge in [0, 0.05) is 49.9 Å². The molecule has 0 radical (unpaired) electrons. The number of likely N-dealkylation sites (N-methyl/N-ethyl adjacent to an activating group) is 1. The Hall–Kier alpha value is -3.58. The number of sulfonamides is 1. The van der Waals surface area contributed by atoms with E-state index in [1.807, 2.05) is 30.6 Å². The monoisotopic (exact) mass is 564 g/mol. The third-order valence-corrected chi connectivity index (χ3v) is 9.60. The lowest BCUT2D eigenvalue weighted by atomic mass is 10.0. The van der Waals surface area contributed by atoms with E-state index in [0.29, 0.717) is 47.7 Å². The summed E-state index contributed by atoms with van der Waals surface area (Å²) in [6.07, 6.45) is 0. The number of aryl methyl sites for hydroxylation is 1. The van der Waals surface area contributed by atoms with E-state index in [9.17, 15) is 8.42 Å². The van der Waals surface area contributed by atoms with Crippen LogP contribution in [0, 0.1) is 6.92 Å². The maximum Gasteiger partial charge on any atom is 0.243 e. The number of benzene rings is 2. The van der Waals surface area contributed by atoms with E-state index in [2.05, 4.69) is 45.7 Å². The molecule has 4 N–H and O–H groups in total. The van der Waals surface area contributed by atoms with Gasteiger partial charge >= 0.3 is 0 Å². The van der Waals surface area contributed by atoms with Crippen LogP contribution in [0.3, 0.4) is 0 Å². The summed E-state index contributed by atoms with van der Waals surface area (Å²) >= 11 is 1.49. The van der Waals surface area contributed by atoms with Crippen molar-refractivity contribution in [2.24, 2.45) is 0 Å². The normalized spacial score (nSPS) is 14.9. The van der Waals surface area contributed by atoms with Crippen LogP contribution in [-0.4, -0.2) is 72.3 Å². The van der Waals surface area contributed by atoms with Crippen molar-refractivity contribution in [2.45, 2.75) is 18.7 Å². The first kappa shape index (κ1) is 27.0. The highest BCUT2D eigenvalue weighted by molar-refractivity contribution is 7.89. The summed E-state index contributed by atoms with van der Waals surface area (Å²) in [6, 6.07) is 14.9. The Labute approximate surface area is 233 Å². The summed E-state index contributed by atoms with van der Waals surface area (Å²) < 4.78 is 27.8. The molecular formula is C27H32N8O2S2. The third kappa shape index (κ3) is 5.59. The minimum atomic E-state index is -3.51. The van der Waals surface area contributed by atoms with E-state index in [1.54, 1.807) is 16.4 Å². The Morgan fingerprint density at radius 2 is 1.56 bits per heavy atom. The lowest BCUT2D eigenvalue weighted by molar-refractivity contribution is 0.222. The summed E-state index contributed by atoms with van der Waals surface area (Å²) in [5, 5.41) is 2.69. The zero-order chi connectivity index (χ0) is 27.7. The number of hydrogen-bond acceptors (Lipinski definition) is 10. The molecule has 0 aliphatic carbocycles. The first-order valence-electron chi connectivity index (χ1n) is 12.7. The molecule has 1 fully saturated rings. The standard InChI is InChI=1S/C27H32N8O2S2/c1-4-35(27-30-22(17-38-27)26-31-24(28)16-25(29)32-26)23-15-20(6-5-18(23)2)19-7-9-21(10-8-19)39(36,37)34-13-11-33(3)12-14-34/h5-10,15-17H,4,11-14H2,1-3H3,(H4,28,29,31,32). The molecule has 39 heavy (non-hydrogen) atoms. The Morgan fingerprint density at radius 1 is 0.923 bits per heavy atom. The average molecular weight is 565 g/mol. The van der Waals surface area contributed by atoms with Crippen LogP contribution < -0.4 is 16.4 Å². The summed E-state index contributed by atoms with van der Waals surface area (Å²) in [6.45, 7) is 7.30. The Bertz CT molecular complexity index is 1560. The SMILES string of the molecule is CCN(c1nc(-c2nc(N)cc(N)n2)cs1)c1cc(-c2ccc(S(=O)(=O)N3CCN(C)CC3)cc2)ccc1C. The van der Waals surface area contributed by atoms with Crippen LogP contribution in [0.2, 0.25) is 0 Å². The van der Waals surface area contributed by atoms with Gasteiger partial charge in [0.25, 0.3) is 0 Å². The number of nitrogen functional groups attached to an aromatic ring is 2. The third-order valence-electron chi connectivity index (χ3n) is 6.82. The van der Waals surface area contributed by atoms with Crippen LogP contribution >= 0.6 is 11.3 Å². The van der Waals surface area contributed by atoms with Crippen LogP contribution in [-0.2, 0) is 10.0 Å². The van der Waals surface area contributed by atoms with Gasteiger partial charge in [-0.3, -0.25) is 0 Å². The Kier molecular flexibility index (Phi) is 7.54. The fraction of sp³-hybridized carbons (Fsp3) is 0.296. The molecule has 0 atom stereocenters. The molecule has 10 nitrogen and oxygen atoms in total. The number of rotatable bonds is 7. The molecule has 0 amide bonds. The van der Waals surface area contributed by atoms with E-state index in [4.69, 9.17) is 16.5 Å². The second-order valence-corrected chi connectivity index (χ2v) is 12.3. The maximum atomic E-state index is 13.1. The zero-order valence-electron chi connectivity index (χ0n) is 22.2. The molecule has 2 aromatic carbocycles. The van der Waals surface area contributed by atoms with Gasteiger partial charge in [-0.2, -0.15) is 4.31 Å². The fourth-order valence-electron chi connectivity index (χ4n) is 4.58. The van der Waals surface area contributed by atoms with E-state index in [1.165, 1.54) is 17.4 Å². The van der Waals surface area contributed by atoms with Crippen LogP contribution in [0.25, 0.3) is 22.6 Å². The second-order valence-electron chi connectivity index (χ2n) is 9.53. The van der Waals surface area contributed by atoms with Gasteiger partial charge < -0.3 is 21.3 Å². The van der Waals surface area contributed by atoms with Crippen molar-refractivity contribution in [3.8, 4) is 22.6 Å². The first-order chi connectivity index (χ1) is 18.7. The zero-order valence-corrected chi connectivity index (χ0v) is 23.8. The molecular weight excluding hydrogens is 532 g/mol. The van der Waals surface area contributed by atoms with Crippen molar-refractivity contribution in [3.63, 3.8) is 0 Å². The van der Waals surface area contributed by atoms with Gasteiger partial charge in [-0.05, 0) is 55.8 Å². The van der Waals surface area contributed by atoms with E-state index in [0.717, 1.165) is 40.6 Å². The number of thiazole rings is 1. The molecule has 1 aliphatic heterocycles. The predicted molar refractivity (Wildman–Crippen MR) is 158 cm³/mol. The molecule has 0 spiro atoms. The number of nitrogens with zero attached hydrogens (tertiary/aromatic N) is 6. The fourth-order valence-corrected chi connectivity index (χ4v) is 6.88. The molecule has 1 saturated heterocycles. The van der Waals surface area contributed by atoms with Crippen molar-refractivity contribution < 1.29 is 8.42 Å². The van der Waals surface area contributed by atoms with E-state index < -0.39 is 10.0 Å². The molecule has 0 bridgehead atoms. The van der Waals surface area contributed by atoms with Crippen LogP contribution in [0.4, 0.5) is 22.5 Å². The molecule has 0 saturated carbocycles. The summed E-state index contributed by atoms with van der Waals surface area (Å²) in [4.78, 5) is 17.9. The number of piperazine rings is 1. The summed E-state index contributed by atoms with van der Waals surface area (Å²) in [5.74, 6) is 0.985. The number of anilines is 4. The molecule has 4 aromatic rings. The van der Waals surface area contributed by atoms with Gasteiger partial charge in [-0.15, -0.1) is 11.3 Å². The van der Waals surface area contributed by atoms with Crippen LogP contribution in [0.1, 0.15) is 12.5 Å². The van der Waals surface area contributed by atoms with Crippen molar-refractivity contribution in [3.05, 3.63) is 59.5 Å². The van der Waals surface area contributed by atoms with E-state index >= 15 is 0 Å². The summed E-state index contributed by atoms with van der Waals surface area (Å²) in [7, 11) is -1.51. The van der Waals surface area contributed by atoms with Gasteiger partial charge in [0.15, 0.2) is 11.0 Å². The molecule has 5 rings (SSSR count). The Morgan fingerprint density at radius 3 is 2.21 bits per heavy atom. The Balaban J connectivity index is 1.41. The highest BCUT2D eigenvalue weighted by Crippen LogP contribution is 2.36. The highest BCUT2D eigenvalue weighted by Gasteiger charge is 2.27. The van der Waals surface area contributed by atoms with E-state index in [-0.39, 0.29) is 0 Å². The second kappa shape index (κ2) is 10.9.